The molecule has 0 aliphatic carbocycles. The van der Waals surface area contributed by atoms with E-state index in [1.807, 2.05) is 49.4 Å². The summed E-state index contributed by atoms with van der Waals surface area (Å²) in [5, 5.41) is 1.97. The van der Waals surface area contributed by atoms with Gasteiger partial charge in [0.05, 0.1) is 5.75 Å². The van der Waals surface area contributed by atoms with Gasteiger partial charge in [-0.15, -0.1) is 0 Å². The van der Waals surface area contributed by atoms with Crippen LogP contribution >= 0.6 is 0 Å². The number of carbonyl (C=O) groups is 1. The molecule has 1 fully saturated rings. The maximum Gasteiger partial charge on any atom is 0.254 e. The molecule has 2 aromatic carbocycles. The Morgan fingerprint density at radius 3 is 2.40 bits per heavy atom. The second-order valence-electron chi connectivity index (χ2n) is 6.39. The summed E-state index contributed by atoms with van der Waals surface area (Å²) in [5.74, 6) is 0.170. The molecule has 1 amide bonds. The van der Waals surface area contributed by atoms with E-state index in [1.165, 1.54) is 4.31 Å². The second-order valence-corrected chi connectivity index (χ2v) is 8.48. The molecular weight excluding hydrogens is 336 g/mol. The number of hydrogen-bond acceptors (Lipinski definition) is 3. The van der Waals surface area contributed by atoms with Crippen molar-refractivity contribution < 1.29 is 13.2 Å². The van der Waals surface area contributed by atoms with Crippen LogP contribution in [0.15, 0.2) is 42.5 Å². The van der Waals surface area contributed by atoms with Crippen LogP contribution in [0.2, 0.25) is 0 Å². The lowest BCUT2D eigenvalue weighted by Gasteiger charge is -2.34. The highest BCUT2D eigenvalue weighted by Gasteiger charge is 2.29. The predicted molar refractivity (Wildman–Crippen MR) is 100 cm³/mol. The number of carbonyl (C=O) groups excluding carboxylic acids is 1. The summed E-state index contributed by atoms with van der Waals surface area (Å²) in [4.78, 5) is 14.7. The molecule has 25 heavy (non-hydrogen) atoms. The third-order valence-corrected chi connectivity index (χ3v) is 6.65. The lowest BCUT2D eigenvalue weighted by Crippen LogP contribution is -2.51. The van der Waals surface area contributed by atoms with Gasteiger partial charge in [-0.1, -0.05) is 49.7 Å². The second kappa shape index (κ2) is 7.54. The van der Waals surface area contributed by atoms with Gasteiger partial charge in [0, 0.05) is 31.7 Å². The average molecular weight is 360 g/mol. The Balaban J connectivity index is 1.71. The number of unbranched alkanes of at least 4 members (excludes halogenated alkanes) is 1. The molecule has 5 nitrogen and oxygen atoms in total. The van der Waals surface area contributed by atoms with E-state index in [4.69, 9.17) is 0 Å². The average Bonchev–Trinajstić information content (AvgIpc) is 2.65. The Labute approximate surface area is 149 Å². The van der Waals surface area contributed by atoms with Gasteiger partial charge >= 0.3 is 0 Å². The third kappa shape index (κ3) is 3.85. The van der Waals surface area contributed by atoms with Crippen LogP contribution in [0.4, 0.5) is 0 Å². The van der Waals surface area contributed by atoms with Gasteiger partial charge in [-0.05, 0) is 23.3 Å². The van der Waals surface area contributed by atoms with E-state index in [0.29, 0.717) is 38.2 Å². The van der Waals surface area contributed by atoms with E-state index < -0.39 is 10.0 Å². The van der Waals surface area contributed by atoms with Gasteiger partial charge in [-0.2, -0.15) is 4.31 Å². The molecule has 6 heteroatoms. The van der Waals surface area contributed by atoms with Gasteiger partial charge in [0.25, 0.3) is 5.91 Å². The summed E-state index contributed by atoms with van der Waals surface area (Å²) in [7, 11) is -3.20. The van der Waals surface area contributed by atoms with Crippen LogP contribution in [0, 0.1) is 0 Å². The monoisotopic (exact) mass is 360 g/mol. The van der Waals surface area contributed by atoms with E-state index in [2.05, 4.69) is 0 Å². The summed E-state index contributed by atoms with van der Waals surface area (Å²) < 4.78 is 26.1. The lowest BCUT2D eigenvalue weighted by molar-refractivity contribution is 0.0700. The molecule has 1 aliphatic rings. The highest BCUT2D eigenvalue weighted by atomic mass is 32.2. The summed E-state index contributed by atoms with van der Waals surface area (Å²) in [6.45, 7) is 3.61. The molecule has 134 valence electrons. The smallest absolute Gasteiger partial charge is 0.254 e. The molecule has 0 N–H and O–H groups in total. The van der Waals surface area contributed by atoms with Crippen molar-refractivity contribution in [3.63, 3.8) is 0 Å². The van der Waals surface area contributed by atoms with Crippen molar-refractivity contribution in [2.45, 2.75) is 19.8 Å². The molecule has 0 radical (unpaired) electrons. The quantitative estimate of drug-likeness (QED) is 0.824. The van der Waals surface area contributed by atoms with E-state index in [1.54, 1.807) is 4.90 Å². The molecule has 0 saturated carbocycles. The number of nitrogens with zero attached hydrogens (tertiary/aromatic N) is 2. The Kier molecular flexibility index (Phi) is 5.39. The minimum absolute atomic E-state index is 0.0255. The number of sulfonamides is 1. The zero-order valence-corrected chi connectivity index (χ0v) is 15.3. The molecule has 2 aromatic rings. The Bertz CT molecular complexity index is 851. The SMILES string of the molecule is CCCCS(=O)(=O)N1CCN(C(=O)c2cccc3ccccc23)CC1. The number of piperazine rings is 1. The van der Waals surface area contributed by atoms with Crippen molar-refractivity contribution in [3.8, 4) is 0 Å². The van der Waals surface area contributed by atoms with Crippen LogP contribution in [-0.4, -0.2) is 55.5 Å². The van der Waals surface area contributed by atoms with E-state index in [9.17, 15) is 13.2 Å². The third-order valence-electron chi connectivity index (χ3n) is 4.70. The zero-order chi connectivity index (χ0) is 17.9. The van der Waals surface area contributed by atoms with Gasteiger partial charge in [-0.25, -0.2) is 8.42 Å². The van der Waals surface area contributed by atoms with Gasteiger partial charge < -0.3 is 4.90 Å². The molecule has 3 rings (SSSR count). The van der Waals surface area contributed by atoms with Crippen molar-refractivity contribution in [3.05, 3.63) is 48.0 Å². The highest BCUT2D eigenvalue weighted by molar-refractivity contribution is 7.89. The number of rotatable bonds is 5. The lowest BCUT2D eigenvalue weighted by atomic mass is 10.0. The molecule has 1 heterocycles. The van der Waals surface area contributed by atoms with E-state index in [-0.39, 0.29) is 11.7 Å². The van der Waals surface area contributed by atoms with Gasteiger partial charge in [0.2, 0.25) is 10.0 Å². The van der Waals surface area contributed by atoms with E-state index >= 15 is 0 Å². The first-order chi connectivity index (χ1) is 12.0. The van der Waals surface area contributed by atoms with Crippen LogP contribution in [0.3, 0.4) is 0 Å². The van der Waals surface area contributed by atoms with Crippen molar-refractivity contribution in [2.24, 2.45) is 0 Å². The minimum Gasteiger partial charge on any atom is -0.336 e. The molecular formula is C19H24N2O3S. The maximum absolute atomic E-state index is 12.9. The maximum atomic E-state index is 12.9. The van der Waals surface area contributed by atoms with Crippen LogP contribution in [0.5, 0.6) is 0 Å². The molecule has 0 bridgehead atoms. The number of hydrogen-bond donors (Lipinski definition) is 0. The molecule has 0 spiro atoms. The van der Waals surface area contributed by atoms with Crippen LogP contribution in [-0.2, 0) is 10.0 Å². The minimum atomic E-state index is -3.20. The van der Waals surface area contributed by atoms with Crippen molar-refractivity contribution in [2.75, 3.05) is 31.9 Å². The first-order valence-electron chi connectivity index (χ1n) is 8.78. The standard InChI is InChI=1S/C19H24N2O3S/c1-2-3-15-25(23,24)21-13-11-20(12-14-21)19(22)18-10-6-8-16-7-4-5-9-17(16)18/h4-10H,2-3,11-15H2,1H3. The molecule has 1 aliphatic heterocycles. The zero-order valence-electron chi connectivity index (χ0n) is 14.5. The van der Waals surface area contributed by atoms with Crippen LogP contribution < -0.4 is 0 Å². The Hall–Kier alpha value is -1.92. The molecule has 0 aromatic heterocycles. The van der Waals surface area contributed by atoms with Crippen molar-refractivity contribution in [1.29, 1.82) is 0 Å². The Morgan fingerprint density at radius 1 is 1.00 bits per heavy atom. The van der Waals surface area contributed by atoms with Crippen molar-refractivity contribution >= 4 is 26.7 Å². The number of amides is 1. The predicted octanol–water partition coefficient (Wildman–Crippen LogP) is 2.73. The van der Waals surface area contributed by atoms with E-state index in [0.717, 1.165) is 17.2 Å². The summed E-state index contributed by atoms with van der Waals surface area (Å²) in [6, 6.07) is 13.5. The fourth-order valence-corrected chi connectivity index (χ4v) is 4.84. The Morgan fingerprint density at radius 2 is 1.68 bits per heavy atom. The largest absolute Gasteiger partial charge is 0.336 e. The molecule has 0 unspecified atom stereocenters. The van der Waals surface area contributed by atoms with Gasteiger partial charge in [-0.3, -0.25) is 4.79 Å². The van der Waals surface area contributed by atoms with Crippen molar-refractivity contribution in [1.82, 2.24) is 9.21 Å². The molecule has 1 saturated heterocycles. The fourth-order valence-electron chi connectivity index (χ4n) is 3.21. The highest BCUT2D eigenvalue weighted by Crippen LogP contribution is 2.21. The summed E-state index contributed by atoms with van der Waals surface area (Å²) in [6.07, 6.45) is 1.54. The van der Waals surface area contributed by atoms with Crippen LogP contribution in [0.1, 0.15) is 30.1 Å². The molecule has 0 atom stereocenters. The summed E-state index contributed by atoms with van der Waals surface area (Å²) >= 11 is 0. The number of benzene rings is 2. The van der Waals surface area contributed by atoms with Gasteiger partial charge in [0.15, 0.2) is 0 Å². The first kappa shape index (κ1) is 17.9. The van der Waals surface area contributed by atoms with Gasteiger partial charge in [0.1, 0.15) is 0 Å². The van der Waals surface area contributed by atoms with Crippen LogP contribution in [0.25, 0.3) is 10.8 Å². The fraction of sp³-hybridized carbons (Fsp3) is 0.421. The first-order valence-corrected chi connectivity index (χ1v) is 10.4. The summed E-state index contributed by atoms with van der Waals surface area (Å²) in [5.41, 5.74) is 0.681. The topological polar surface area (TPSA) is 57.7 Å². The number of fused-ring (bicyclic) bond motifs is 1. The normalized spacial score (nSPS) is 16.3.